The third kappa shape index (κ3) is 5.28. The summed E-state index contributed by atoms with van der Waals surface area (Å²) in [6, 6.07) is 17.1. The van der Waals surface area contributed by atoms with Gasteiger partial charge >= 0.3 is 0 Å². The zero-order chi connectivity index (χ0) is 19.1. The summed E-state index contributed by atoms with van der Waals surface area (Å²) in [4.78, 5) is 16.6. The van der Waals surface area contributed by atoms with Crippen LogP contribution in [0.1, 0.15) is 21.5 Å². The number of aromatic nitrogens is 1. The Hall–Kier alpha value is -3.41. The van der Waals surface area contributed by atoms with Crippen LogP contribution in [-0.4, -0.2) is 18.0 Å². The van der Waals surface area contributed by atoms with E-state index in [9.17, 15) is 9.18 Å². The predicted molar refractivity (Wildman–Crippen MR) is 102 cm³/mol. The number of rotatable bonds is 7. The lowest BCUT2D eigenvalue weighted by atomic mass is 10.2. The van der Waals surface area contributed by atoms with Gasteiger partial charge in [0.2, 0.25) is 0 Å². The van der Waals surface area contributed by atoms with Crippen molar-refractivity contribution in [1.29, 1.82) is 0 Å². The van der Waals surface area contributed by atoms with E-state index in [1.54, 1.807) is 37.6 Å². The number of anilines is 1. The highest BCUT2D eigenvalue weighted by molar-refractivity contribution is 5.94. The summed E-state index contributed by atoms with van der Waals surface area (Å²) in [6.07, 6.45) is 1.59. The van der Waals surface area contributed by atoms with Gasteiger partial charge in [0.15, 0.2) is 0 Å². The molecule has 0 radical (unpaired) electrons. The van der Waals surface area contributed by atoms with Crippen molar-refractivity contribution in [3.8, 4) is 5.75 Å². The largest absolute Gasteiger partial charge is 0.497 e. The molecule has 5 nitrogen and oxygen atoms in total. The van der Waals surface area contributed by atoms with Gasteiger partial charge in [0.05, 0.1) is 7.11 Å². The molecular formula is C21H20FN3O2. The van der Waals surface area contributed by atoms with Gasteiger partial charge in [-0.3, -0.25) is 4.79 Å². The molecule has 6 heteroatoms. The summed E-state index contributed by atoms with van der Waals surface area (Å²) in [7, 11) is 1.63. The molecule has 0 atom stereocenters. The standard InChI is InChI=1S/C21H20FN3O2/c1-27-19-8-4-16(5-9-19)13-24-20-12-17(10-11-23-20)21(26)25-14-15-2-6-18(22)7-3-15/h2-12H,13-14H2,1H3,(H,23,24)(H,25,26). The van der Waals surface area contributed by atoms with Crippen molar-refractivity contribution in [1.82, 2.24) is 10.3 Å². The number of ether oxygens (including phenoxy) is 1. The van der Waals surface area contributed by atoms with Crippen molar-refractivity contribution >= 4 is 11.7 Å². The molecule has 1 aromatic heterocycles. The lowest BCUT2D eigenvalue weighted by Crippen LogP contribution is -2.23. The van der Waals surface area contributed by atoms with Crippen LogP contribution in [0.25, 0.3) is 0 Å². The molecule has 0 saturated carbocycles. The molecule has 3 aromatic rings. The van der Waals surface area contributed by atoms with Crippen LogP contribution in [0.15, 0.2) is 66.9 Å². The molecule has 0 unspecified atom stereocenters. The second-order valence-corrected chi connectivity index (χ2v) is 5.94. The minimum absolute atomic E-state index is 0.214. The van der Waals surface area contributed by atoms with E-state index in [0.717, 1.165) is 16.9 Å². The van der Waals surface area contributed by atoms with E-state index in [1.807, 2.05) is 24.3 Å². The van der Waals surface area contributed by atoms with E-state index >= 15 is 0 Å². The summed E-state index contributed by atoms with van der Waals surface area (Å²) in [6.45, 7) is 0.910. The van der Waals surface area contributed by atoms with E-state index in [-0.39, 0.29) is 11.7 Å². The zero-order valence-corrected chi connectivity index (χ0v) is 14.9. The Morgan fingerprint density at radius 1 is 1.00 bits per heavy atom. The summed E-state index contributed by atoms with van der Waals surface area (Å²) in [5.74, 6) is 0.901. The van der Waals surface area contributed by atoms with E-state index in [2.05, 4.69) is 15.6 Å². The Kier molecular flexibility index (Phi) is 5.99. The van der Waals surface area contributed by atoms with Crippen molar-refractivity contribution in [2.75, 3.05) is 12.4 Å². The first-order valence-electron chi connectivity index (χ1n) is 8.49. The fraction of sp³-hybridized carbons (Fsp3) is 0.143. The monoisotopic (exact) mass is 365 g/mol. The van der Waals surface area contributed by atoms with Crippen LogP contribution >= 0.6 is 0 Å². The van der Waals surface area contributed by atoms with Crippen LogP contribution in [0.4, 0.5) is 10.2 Å². The van der Waals surface area contributed by atoms with Crippen molar-refractivity contribution in [2.45, 2.75) is 13.1 Å². The Morgan fingerprint density at radius 3 is 2.37 bits per heavy atom. The second-order valence-electron chi connectivity index (χ2n) is 5.94. The van der Waals surface area contributed by atoms with Crippen molar-refractivity contribution in [2.24, 2.45) is 0 Å². The number of hydrogen-bond acceptors (Lipinski definition) is 4. The number of carbonyl (C=O) groups is 1. The number of hydrogen-bond donors (Lipinski definition) is 2. The van der Waals surface area contributed by atoms with Gasteiger partial charge in [-0.05, 0) is 47.5 Å². The maximum Gasteiger partial charge on any atom is 0.251 e. The van der Waals surface area contributed by atoms with Crippen molar-refractivity contribution in [3.05, 3.63) is 89.4 Å². The lowest BCUT2D eigenvalue weighted by Gasteiger charge is -2.09. The number of nitrogens with zero attached hydrogens (tertiary/aromatic N) is 1. The second kappa shape index (κ2) is 8.80. The van der Waals surface area contributed by atoms with Gasteiger partial charge in [-0.1, -0.05) is 24.3 Å². The molecule has 0 aliphatic carbocycles. The summed E-state index contributed by atoms with van der Waals surface area (Å²) in [5.41, 5.74) is 2.41. The van der Waals surface area contributed by atoms with Crippen molar-refractivity contribution < 1.29 is 13.9 Å². The lowest BCUT2D eigenvalue weighted by molar-refractivity contribution is 0.0951. The van der Waals surface area contributed by atoms with Crippen molar-refractivity contribution in [3.63, 3.8) is 0 Å². The highest BCUT2D eigenvalue weighted by atomic mass is 19.1. The zero-order valence-electron chi connectivity index (χ0n) is 14.9. The average molecular weight is 365 g/mol. The molecule has 27 heavy (non-hydrogen) atoms. The Bertz CT molecular complexity index is 896. The fourth-order valence-corrected chi connectivity index (χ4v) is 2.49. The van der Waals surface area contributed by atoms with Gasteiger partial charge in [-0.15, -0.1) is 0 Å². The number of carbonyl (C=O) groups excluding carboxylic acids is 1. The van der Waals surface area contributed by atoms with Gasteiger partial charge in [0, 0.05) is 24.8 Å². The number of amides is 1. The average Bonchev–Trinajstić information content (AvgIpc) is 2.72. The summed E-state index contributed by atoms with van der Waals surface area (Å²) >= 11 is 0. The first kappa shape index (κ1) is 18.4. The number of halogens is 1. The topological polar surface area (TPSA) is 63.2 Å². The summed E-state index contributed by atoms with van der Waals surface area (Å²) < 4.78 is 18.1. The molecule has 0 aliphatic rings. The molecule has 0 bridgehead atoms. The molecule has 138 valence electrons. The minimum atomic E-state index is -0.299. The molecule has 3 rings (SSSR count). The molecular weight excluding hydrogens is 345 g/mol. The fourth-order valence-electron chi connectivity index (χ4n) is 2.49. The Labute approximate surface area is 157 Å². The van der Waals surface area contributed by atoms with E-state index in [1.165, 1.54) is 12.1 Å². The number of methoxy groups -OCH3 is 1. The molecule has 0 fully saturated rings. The van der Waals surface area contributed by atoms with Crippen LogP contribution < -0.4 is 15.4 Å². The van der Waals surface area contributed by atoms with E-state index in [4.69, 9.17) is 4.74 Å². The highest BCUT2D eigenvalue weighted by Gasteiger charge is 2.07. The molecule has 1 amide bonds. The van der Waals surface area contributed by atoms with Crippen LogP contribution in [0.2, 0.25) is 0 Å². The number of benzene rings is 2. The quantitative estimate of drug-likeness (QED) is 0.669. The number of pyridine rings is 1. The van der Waals surface area contributed by atoms with Gasteiger partial charge in [-0.25, -0.2) is 9.37 Å². The molecule has 2 N–H and O–H groups in total. The third-order valence-corrected chi connectivity index (χ3v) is 4.02. The third-order valence-electron chi connectivity index (χ3n) is 4.02. The summed E-state index contributed by atoms with van der Waals surface area (Å²) in [5, 5.41) is 6.02. The normalized spacial score (nSPS) is 10.3. The van der Waals surface area contributed by atoms with E-state index in [0.29, 0.717) is 24.5 Å². The SMILES string of the molecule is COc1ccc(CNc2cc(C(=O)NCc3ccc(F)cc3)ccn2)cc1. The van der Waals surface area contributed by atoms with Gasteiger partial charge < -0.3 is 15.4 Å². The first-order valence-corrected chi connectivity index (χ1v) is 8.49. The molecule has 1 heterocycles. The maximum atomic E-state index is 12.9. The first-order chi connectivity index (χ1) is 13.1. The van der Waals surface area contributed by atoms with Gasteiger partial charge in [0.25, 0.3) is 5.91 Å². The van der Waals surface area contributed by atoms with Crippen LogP contribution in [0, 0.1) is 5.82 Å². The molecule has 0 aliphatic heterocycles. The Morgan fingerprint density at radius 2 is 1.67 bits per heavy atom. The predicted octanol–water partition coefficient (Wildman–Crippen LogP) is 3.77. The van der Waals surface area contributed by atoms with E-state index < -0.39 is 0 Å². The smallest absolute Gasteiger partial charge is 0.251 e. The van der Waals surface area contributed by atoms with Crippen LogP contribution in [0.5, 0.6) is 5.75 Å². The van der Waals surface area contributed by atoms with Gasteiger partial charge in [-0.2, -0.15) is 0 Å². The Balaban J connectivity index is 1.56. The van der Waals surface area contributed by atoms with Crippen LogP contribution in [0.3, 0.4) is 0 Å². The highest BCUT2D eigenvalue weighted by Crippen LogP contribution is 2.13. The van der Waals surface area contributed by atoms with Gasteiger partial charge in [0.1, 0.15) is 17.4 Å². The molecule has 2 aromatic carbocycles. The minimum Gasteiger partial charge on any atom is -0.497 e. The number of nitrogens with one attached hydrogen (secondary N) is 2. The van der Waals surface area contributed by atoms with Crippen LogP contribution in [-0.2, 0) is 13.1 Å². The maximum absolute atomic E-state index is 12.9. The molecule has 0 spiro atoms. The molecule has 0 saturated heterocycles.